The van der Waals surface area contributed by atoms with Crippen molar-refractivity contribution in [2.75, 3.05) is 13.6 Å². The first-order valence-electron chi connectivity index (χ1n) is 11.5. The minimum Gasteiger partial charge on any atom is -0.478 e. The second kappa shape index (κ2) is 9.52. The van der Waals surface area contributed by atoms with Gasteiger partial charge in [0.1, 0.15) is 0 Å². The lowest BCUT2D eigenvalue weighted by Gasteiger charge is -2.31. The molecule has 1 aliphatic heterocycles. The SMILES string of the molecule is CNC(=O)c1ccc(/C=C2\CN(Cc3ccccc3)Cc3c2nc2ccccc2c3C(=O)O)cc1. The summed E-state index contributed by atoms with van der Waals surface area (Å²) in [6.45, 7) is 1.82. The number of rotatable bonds is 5. The zero-order valence-electron chi connectivity index (χ0n) is 19.4. The predicted molar refractivity (Wildman–Crippen MR) is 137 cm³/mol. The molecule has 0 saturated carbocycles. The normalized spacial score (nSPS) is 14.6. The molecule has 0 spiro atoms. The molecule has 4 aromatic rings. The highest BCUT2D eigenvalue weighted by atomic mass is 16.4. The van der Waals surface area contributed by atoms with Crippen molar-refractivity contribution >= 4 is 34.4 Å². The summed E-state index contributed by atoms with van der Waals surface area (Å²) in [5.74, 6) is -1.09. The number of aromatic carboxylic acids is 1. The van der Waals surface area contributed by atoms with Gasteiger partial charge in [0.15, 0.2) is 0 Å². The van der Waals surface area contributed by atoms with Crippen LogP contribution in [0.3, 0.4) is 0 Å². The third-order valence-electron chi connectivity index (χ3n) is 6.28. The number of para-hydroxylation sites is 1. The van der Waals surface area contributed by atoms with Crippen molar-refractivity contribution in [2.24, 2.45) is 0 Å². The summed E-state index contributed by atoms with van der Waals surface area (Å²) >= 11 is 0. The maximum Gasteiger partial charge on any atom is 0.336 e. The number of nitrogens with one attached hydrogen (secondary N) is 1. The molecule has 0 atom stereocenters. The highest BCUT2D eigenvalue weighted by Crippen LogP contribution is 2.34. The van der Waals surface area contributed by atoms with Crippen LogP contribution in [0.15, 0.2) is 78.9 Å². The van der Waals surface area contributed by atoms with E-state index in [1.54, 1.807) is 19.2 Å². The molecule has 0 aliphatic carbocycles. The molecule has 1 aliphatic rings. The van der Waals surface area contributed by atoms with Gasteiger partial charge in [-0.3, -0.25) is 9.69 Å². The quantitative estimate of drug-likeness (QED) is 0.442. The molecular formula is C29H25N3O3. The van der Waals surface area contributed by atoms with Crippen LogP contribution in [0.5, 0.6) is 0 Å². The molecule has 1 amide bonds. The van der Waals surface area contributed by atoms with Crippen LogP contribution in [0.2, 0.25) is 0 Å². The molecule has 0 unspecified atom stereocenters. The number of fused-ring (bicyclic) bond motifs is 2. The van der Waals surface area contributed by atoms with E-state index < -0.39 is 5.97 Å². The van der Waals surface area contributed by atoms with E-state index in [1.165, 1.54) is 0 Å². The van der Waals surface area contributed by atoms with Crippen molar-refractivity contribution in [3.8, 4) is 0 Å². The molecule has 35 heavy (non-hydrogen) atoms. The first-order valence-corrected chi connectivity index (χ1v) is 11.5. The van der Waals surface area contributed by atoms with E-state index in [0.717, 1.165) is 28.0 Å². The van der Waals surface area contributed by atoms with Crippen LogP contribution in [0.4, 0.5) is 0 Å². The third-order valence-corrected chi connectivity index (χ3v) is 6.28. The molecule has 0 bridgehead atoms. The lowest BCUT2D eigenvalue weighted by Crippen LogP contribution is -2.31. The number of aromatic nitrogens is 1. The molecule has 0 fully saturated rings. The smallest absolute Gasteiger partial charge is 0.336 e. The summed E-state index contributed by atoms with van der Waals surface area (Å²) in [5, 5.41) is 13.5. The minimum atomic E-state index is -0.948. The molecule has 2 heterocycles. The molecule has 0 radical (unpaired) electrons. The largest absolute Gasteiger partial charge is 0.478 e. The topological polar surface area (TPSA) is 82.5 Å². The summed E-state index contributed by atoms with van der Waals surface area (Å²) in [6, 6.07) is 24.9. The third kappa shape index (κ3) is 4.56. The van der Waals surface area contributed by atoms with Crippen LogP contribution in [0.25, 0.3) is 22.6 Å². The van der Waals surface area contributed by atoms with Crippen LogP contribution < -0.4 is 5.32 Å². The number of hydrogen-bond acceptors (Lipinski definition) is 4. The van der Waals surface area contributed by atoms with Crippen molar-refractivity contribution in [2.45, 2.75) is 13.1 Å². The highest BCUT2D eigenvalue weighted by Gasteiger charge is 2.28. The Kier molecular flexibility index (Phi) is 6.12. The molecule has 5 rings (SSSR count). The number of carboxylic acids is 1. The average Bonchev–Trinajstić information content (AvgIpc) is 2.88. The zero-order valence-corrected chi connectivity index (χ0v) is 19.4. The Balaban J connectivity index is 1.64. The number of hydrogen-bond donors (Lipinski definition) is 2. The van der Waals surface area contributed by atoms with E-state index >= 15 is 0 Å². The Morgan fingerprint density at radius 2 is 1.69 bits per heavy atom. The van der Waals surface area contributed by atoms with E-state index in [9.17, 15) is 14.7 Å². The fraction of sp³-hybridized carbons (Fsp3) is 0.138. The Labute approximate surface area is 203 Å². The Morgan fingerprint density at radius 3 is 2.40 bits per heavy atom. The van der Waals surface area contributed by atoms with E-state index in [0.29, 0.717) is 41.7 Å². The number of carbonyl (C=O) groups excluding carboxylic acids is 1. The van der Waals surface area contributed by atoms with E-state index in [1.807, 2.05) is 60.7 Å². The Morgan fingerprint density at radius 1 is 0.971 bits per heavy atom. The van der Waals surface area contributed by atoms with Gasteiger partial charge in [0, 0.05) is 43.2 Å². The lowest BCUT2D eigenvalue weighted by molar-refractivity contribution is 0.0696. The first kappa shape index (κ1) is 22.5. The number of nitrogens with zero attached hydrogens (tertiary/aromatic N) is 2. The van der Waals surface area contributed by atoms with Gasteiger partial charge in [0.2, 0.25) is 0 Å². The number of carbonyl (C=O) groups is 2. The van der Waals surface area contributed by atoms with Crippen molar-refractivity contribution in [3.63, 3.8) is 0 Å². The van der Waals surface area contributed by atoms with Gasteiger partial charge < -0.3 is 10.4 Å². The van der Waals surface area contributed by atoms with Crippen LogP contribution in [0.1, 0.15) is 43.1 Å². The summed E-state index contributed by atoms with van der Waals surface area (Å²) in [7, 11) is 1.61. The van der Waals surface area contributed by atoms with Gasteiger partial charge in [0.05, 0.1) is 16.8 Å². The summed E-state index contributed by atoms with van der Waals surface area (Å²) in [6.07, 6.45) is 2.04. The average molecular weight is 464 g/mol. The fourth-order valence-electron chi connectivity index (χ4n) is 4.65. The van der Waals surface area contributed by atoms with Gasteiger partial charge in [-0.2, -0.15) is 0 Å². The van der Waals surface area contributed by atoms with Gasteiger partial charge >= 0.3 is 5.97 Å². The van der Waals surface area contributed by atoms with Crippen LogP contribution in [0, 0.1) is 0 Å². The number of carboxylic acid groups (broad SMARTS) is 1. The highest BCUT2D eigenvalue weighted by molar-refractivity contribution is 6.06. The maximum atomic E-state index is 12.4. The molecule has 2 N–H and O–H groups in total. The van der Waals surface area contributed by atoms with Crippen LogP contribution in [-0.2, 0) is 13.1 Å². The minimum absolute atomic E-state index is 0.138. The number of amides is 1. The maximum absolute atomic E-state index is 12.4. The predicted octanol–water partition coefficient (Wildman–Crippen LogP) is 4.85. The Hall–Kier alpha value is -4.29. The van der Waals surface area contributed by atoms with Gasteiger partial charge in [-0.1, -0.05) is 60.7 Å². The standard InChI is InChI=1S/C29H25N3O3/c1-30-28(33)21-13-11-19(12-14-21)15-22-17-32(16-20-7-3-2-4-8-20)18-24-26(29(34)35)23-9-5-6-10-25(23)31-27(22)24/h2-15H,16-18H2,1H3,(H,30,33)(H,34,35)/b22-15+. The Bertz CT molecular complexity index is 1440. The lowest BCUT2D eigenvalue weighted by atomic mass is 9.91. The molecule has 174 valence electrons. The molecular weight excluding hydrogens is 438 g/mol. The van der Waals surface area contributed by atoms with Crippen molar-refractivity contribution in [1.82, 2.24) is 15.2 Å². The molecule has 3 aromatic carbocycles. The van der Waals surface area contributed by atoms with Crippen molar-refractivity contribution in [1.29, 1.82) is 0 Å². The van der Waals surface area contributed by atoms with Gasteiger partial charge in [-0.05, 0) is 41.0 Å². The second-order valence-corrected chi connectivity index (χ2v) is 8.64. The molecule has 1 aromatic heterocycles. The number of benzene rings is 3. The molecule has 6 heteroatoms. The van der Waals surface area contributed by atoms with Crippen molar-refractivity contribution < 1.29 is 14.7 Å². The van der Waals surface area contributed by atoms with E-state index in [2.05, 4.69) is 22.3 Å². The molecule has 6 nitrogen and oxygen atoms in total. The van der Waals surface area contributed by atoms with E-state index in [4.69, 9.17) is 4.98 Å². The summed E-state index contributed by atoms with van der Waals surface area (Å²) in [5.41, 5.74) is 6.05. The van der Waals surface area contributed by atoms with Gasteiger partial charge in [0.25, 0.3) is 5.91 Å². The molecule has 0 saturated heterocycles. The first-order chi connectivity index (χ1) is 17.0. The summed E-state index contributed by atoms with van der Waals surface area (Å²) < 4.78 is 0. The summed E-state index contributed by atoms with van der Waals surface area (Å²) in [4.78, 5) is 31.5. The van der Waals surface area contributed by atoms with Gasteiger partial charge in [-0.25, -0.2) is 9.78 Å². The van der Waals surface area contributed by atoms with E-state index in [-0.39, 0.29) is 5.91 Å². The van der Waals surface area contributed by atoms with Crippen LogP contribution >= 0.6 is 0 Å². The second-order valence-electron chi connectivity index (χ2n) is 8.64. The fourth-order valence-corrected chi connectivity index (χ4v) is 4.65. The number of pyridine rings is 1. The zero-order chi connectivity index (χ0) is 24.4. The monoisotopic (exact) mass is 463 g/mol. The van der Waals surface area contributed by atoms with Crippen molar-refractivity contribution in [3.05, 3.63) is 112 Å². The van der Waals surface area contributed by atoms with Gasteiger partial charge in [-0.15, -0.1) is 0 Å². The van der Waals surface area contributed by atoms with Crippen LogP contribution in [-0.4, -0.2) is 40.5 Å².